The summed E-state index contributed by atoms with van der Waals surface area (Å²) in [6, 6.07) is 0. The van der Waals surface area contributed by atoms with E-state index in [0.717, 1.165) is 6.42 Å². The number of carbonyl (C=O) groups excluding carboxylic acids is 1. The molecule has 0 spiro atoms. The topological polar surface area (TPSA) is 40.5 Å². The highest BCUT2D eigenvalue weighted by molar-refractivity contribution is 6.30. The molecule has 4 heteroatoms. The van der Waals surface area contributed by atoms with E-state index in [9.17, 15) is 4.79 Å². The Morgan fingerprint density at radius 3 is 2.59 bits per heavy atom. The van der Waals surface area contributed by atoms with Crippen molar-refractivity contribution in [3.8, 4) is 0 Å². The van der Waals surface area contributed by atoms with Crippen molar-refractivity contribution in [3.63, 3.8) is 0 Å². The lowest BCUT2D eigenvalue weighted by molar-refractivity contribution is -0.124. The van der Waals surface area contributed by atoms with Crippen molar-refractivity contribution >= 4 is 17.5 Å². The lowest BCUT2D eigenvalue weighted by atomic mass is 10.2. The van der Waals surface area contributed by atoms with Gasteiger partial charge in [-0.3, -0.25) is 9.69 Å². The van der Waals surface area contributed by atoms with Gasteiger partial charge in [0.2, 0.25) is 0 Å². The molecule has 1 N–H and O–H groups in total. The summed E-state index contributed by atoms with van der Waals surface area (Å²) in [5.74, 6) is -0.320. The molecule has 0 rings (SSSR count). The lowest BCUT2D eigenvalue weighted by Crippen LogP contribution is -2.28. The lowest BCUT2D eigenvalue weighted by Gasteiger charge is -2.18. The van der Waals surface area contributed by atoms with E-state index in [0.29, 0.717) is 18.4 Å². The van der Waals surface area contributed by atoms with Crippen molar-refractivity contribution in [1.29, 1.82) is 0 Å². The molecule has 3 nitrogen and oxygen atoms in total. The normalized spacial score (nSPS) is 12.3. The molecule has 17 heavy (non-hydrogen) atoms. The van der Waals surface area contributed by atoms with Crippen LogP contribution in [-0.2, 0) is 4.79 Å². The average Bonchev–Trinajstić information content (AvgIpc) is 2.34. The molecule has 0 atom stereocenters. The summed E-state index contributed by atoms with van der Waals surface area (Å²) < 4.78 is 0. The maximum atomic E-state index is 11.9. The van der Waals surface area contributed by atoms with Crippen LogP contribution in [0, 0.1) is 0 Å². The minimum absolute atomic E-state index is 0.0134. The van der Waals surface area contributed by atoms with Gasteiger partial charge < -0.3 is 5.11 Å². The molecule has 0 heterocycles. The standard InChI is InChI=1S/C13H18ClNO2/c1-4-6-7-8-9-11(3)13(17)15(5-2)12(14)10-16/h4,6,8-10,16H,3,5,7H2,1-2H3/b6-4-,9-8-,12-10-. The second kappa shape index (κ2) is 8.65. The predicted octanol–water partition coefficient (Wildman–Crippen LogP) is 3.51. The van der Waals surface area contributed by atoms with E-state index >= 15 is 0 Å². The fourth-order valence-electron chi connectivity index (χ4n) is 1.13. The molecule has 1 amide bonds. The first-order valence-corrected chi connectivity index (χ1v) is 5.74. The van der Waals surface area contributed by atoms with E-state index in [1.807, 2.05) is 25.2 Å². The Balaban J connectivity index is 4.58. The zero-order valence-electron chi connectivity index (χ0n) is 10.2. The fraction of sp³-hybridized carbons (Fsp3) is 0.308. The van der Waals surface area contributed by atoms with Crippen molar-refractivity contribution in [3.05, 3.63) is 47.9 Å². The Kier molecular flexibility index (Phi) is 7.89. The molecule has 0 fully saturated rings. The van der Waals surface area contributed by atoms with E-state index in [2.05, 4.69) is 6.58 Å². The first kappa shape index (κ1) is 15.5. The average molecular weight is 256 g/mol. The summed E-state index contributed by atoms with van der Waals surface area (Å²) in [6.45, 7) is 7.73. The van der Waals surface area contributed by atoms with Crippen LogP contribution < -0.4 is 0 Å². The summed E-state index contributed by atoms with van der Waals surface area (Å²) in [4.78, 5) is 13.1. The number of hydrogen-bond acceptors (Lipinski definition) is 2. The number of aliphatic hydroxyl groups excluding tert-OH is 1. The number of likely N-dealkylation sites (N-methyl/N-ethyl adjacent to an activating group) is 1. The Bertz CT molecular complexity index is 356. The number of hydrogen-bond donors (Lipinski definition) is 1. The zero-order valence-corrected chi connectivity index (χ0v) is 10.9. The van der Waals surface area contributed by atoms with Crippen molar-refractivity contribution in [1.82, 2.24) is 4.90 Å². The van der Waals surface area contributed by atoms with Crippen LogP contribution in [0.25, 0.3) is 0 Å². The molecular formula is C13H18ClNO2. The van der Waals surface area contributed by atoms with E-state index < -0.39 is 0 Å². The number of carbonyl (C=O) groups is 1. The number of nitrogens with zero attached hydrogens (tertiary/aromatic N) is 1. The highest BCUT2D eigenvalue weighted by Crippen LogP contribution is 2.12. The van der Waals surface area contributed by atoms with Gasteiger partial charge in [-0.1, -0.05) is 42.5 Å². The SMILES string of the molecule is C=C(/C=C\C/C=C\C)C(=O)N(CC)/C(Cl)=C\O. The van der Waals surface area contributed by atoms with Crippen LogP contribution in [-0.4, -0.2) is 22.5 Å². The van der Waals surface area contributed by atoms with Gasteiger partial charge in [-0.05, 0) is 20.3 Å². The first-order valence-electron chi connectivity index (χ1n) is 5.36. The zero-order chi connectivity index (χ0) is 13.3. The number of aliphatic hydroxyl groups is 1. The molecule has 94 valence electrons. The number of amides is 1. The third kappa shape index (κ3) is 5.41. The van der Waals surface area contributed by atoms with Crippen LogP contribution in [0.15, 0.2) is 47.9 Å². The Morgan fingerprint density at radius 1 is 1.47 bits per heavy atom. The summed E-state index contributed by atoms with van der Waals surface area (Å²) in [5, 5.41) is 8.75. The summed E-state index contributed by atoms with van der Waals surface area (Å²) in [5.41, 5.74) is 0.330. The molecular weight excluding hydrogens is 238 g/mol. The van der Waals surface area contributed by atoms with Gasteiger partial charge >= 0.3 is 0 Å². The van der Waals surface area contributed by atoms with Crippen LogP contribution in [0.4, 0.5) is 0 Å². The van der Waals surface area contributed by atoms with Gasteiger partial charge in [0.25, 0.3) is 5.91 Å². The maximum Gasteiger partial charge on any atom is 0.258 e. The minimum Gasteiger partial charge on any atom is -0.512 e. The third-order valence-corrected chi connectivity index (χ3v) is 2.33. The van der Waals surface area contributed by atoms with Gasteiger partial charge in [0, 0.05) is 12.1 Å². The molecule has 0 saturated carbocycles. The van der Waals surface area contributed by atoms with Crippen molar-refractivity contribution in [2.45, 2.75) is 20.3 Å². The van der Waals surface area contributed by atoms with Crippen LogP contribution in [0.1, 0.15) is 20.3 Å². The van der Waals surface area contributed by atoms with E-state index in [1.165, 1.54) is 4.90 Å². The maximum absolute atomic E-state index is 11.9. The van der Waals surface area contributed by atoms with E-state index in [4.69, 9.17) is 16.7 Å². The molecule has 0 aliphatic heterocycles. The largest absolute Gasteiger partial charge is 0.512 e. The summed E-state index contributed by atoms with van der Waals surface area (Å²) >= 11 is 5.69. The predicted molar refractivity (Wildman–Crippen MR) is 71.7 cm³/mol. The monoisotopic (exact) mass is 255 g/mol. The van der Waals surface area contributed by atoms with Crippen LogP contribution >= 0.6 is 11.6 Å². The highest BCUT2D eigenvalue weighted by Gasteiger charge is 2.16. The van der Waals surface area contributed by atoms with Crippen LogP contribution in [0.2, 0.25) is 0 Å². The number of allylic oxidation sites excluding steroid dienone is 3. The minimum atomic E-state index is -0.320. The van der Waals surface area contributed by atoms with Gasteiger partial charge in [0.15, 0.2) is 0 Å². The second-order valence-electron chi connectivity index (χ2n) is 3.23. The van der Waals surface area contributed by atoms with Gasteiger partial charge in [-0.15, -0.1) is 0 Å². The molecule has 0 bridgehead atoms. The molecule has 0 aliphatic carbocycles. The molecule has 0 unspecified atom stereocenters. The molecule has 0 aromatic carbocycles. The fourth-order valence-corrected chi connectivity index (χ4v) is 1.33. The Hall–Kier alpha value is -1.48. The van der Waals surface area contributed by atoms with Gasteiger partial charge in [-0.25, -0.2) is 0 Å². The van der Waals surface area contributed by atoms with Crippen molar-refractivity contribution < 1.29 is 9.90 Å². The van der Waals surface area contributed by atoms with Gasteiger partial charge in [-0.2, -0.15) is 0 Å². The quantitative estimate of drug-likeness (QED) is 0.259. The highest BCUT2D eigenvalue weighted by atomic mass is 35.5. The smallest absolute Gasteiger partial charge is 0.258 e. The number of halogens is 1. The Morgan fingerprint density at radius 2 is 2.12 bits per heavy atom. The van der Waals surface area contributed by atoms with Crippen molar-refractivity contribution in [2.75, 3.05) is 6.54 Å². The van der Waals surface area contributed by atoms with Gasteiger partial charge in [0.05, 0.1) is 0 Å². The third-order valence-electron chi connectivity index (χ3n) is 2.03. The molecule has 0 aromatic rings. The molecule has 0 aromatic heterocycles. The van der Waals surface area contributed by atoms with Crippen LogP contribution in [0.5, 0.6) is 0 Å². The van der Waals surface area contributed by atoms with Crippen LogP contribution in [0.3, 0.4) is 0 Å². The van der Waals surface area contributed by atoms with Gasteiger partial charge in [0.1, 0.15) is 11.4 Å². The summed E-state index contributed by atoms with van der Waals surface area (Å²) in [7, 11) is 0. The first-order chi connectivity index (χ1) is 8.08. The Labute approximate surface area is 107 Å². The van der Waals surface area contributed by atoms with E-state index in [-0.39, 0.29) is 11.1 Å². The van der Waals surface area contributed by atoms with E-state index in [1.54, 1.807) is 13.0 Å². The second-order valence-corrected chi connectivity index (χ2v) is 3.62. The number of rotatable bonds is 6. The molecule has 0 aliphatic rings. The molecule has 0 radical (unpaired) electrons. The van der Waals surface area contributed by atoms with Crippen molar-refractivity contribution in [2.24, 2.45) is 0 Å². The summed E-state index contributed by atoms with van der Waals surface area (Å²) in [6.07, 6.45) is 8.82. The molecule has 0 saturated heterocycles.